The molecular formula is C15H22N2. The molecule has 2 nitrogen and oxygen atoms in total. The number of nitrogens with one attached hydrogen (secondary N) is 1. The van der Waals surface area contributed by atoms with Gasteiger partial charge in [-0.25, -0.2) is 0 Å². The minimum atomic E-state index is 0.0721. The van der Waals surface area contributed by atoms with Gasteiger partial charge in [-0.1, -0.05) is 50.1 Å². The zero-order valence-corrected chi connectivity index (χ0v) is 10.8. The lowest BCUT2D eigenvalue weighted by atomic mass is 10.0. The Morgan fingerprint density at radius 2 is 2.00 bits per heavy atom. The standard InChI is InChI=1S/C15H22N2/c1-3-4-10-15(17-12-13(2)11-16)14-8-6-5-7-9-14/h5-9,13,15,17H,3-4,10,12H2,1-2H3. The molecule has 2 unspecified atom stereocenters. The van der Waals surface area contributed by atoms with Gasteiger partial charge in [-0.15, -0.1) is 0 Å². The maximum absolute atomic E-state index is 8.80. The number of benzene rings is 1. The number of hydrogen-bond acceptors (Lipinski definition) is 2. The van der Waals surface area contributed by atoms with Crippen molar-refractivity contribution in [3.8, 4) is 6.07 Å². The third kappa shape index (κ3) is 5.01. The number of unbranched alkanes of at least 4 members (excludes halogenated alkanes) is 1. The summed E-state index contributed by atoms with van der Waals surface area (Å²) in [5, 5.41) is 12.3. The van der Waals surface area contributed by atoms with Crippen LogP contribution in [-0.2, 0) is 0 Å². The van der Waals surface area contributed by atoms with E-state index < -0.39 is 0 Å². The number of nitrogens with zero attached hydrogens (tertiary/aromatic N) is 1. The fraction of sp³-hybridized carbons (Fsp3) is 0.533. The molecule has 0 bridgehead atoms. The smallest absolute Gasteiger partial charge is 0.0666 e. The minimum Gasteiger partial charge on any atom is -0.309 e. The van der Waals surface area contributed by atoms with Gasteiger partial charge in [0.2, 0.25) is 0 Å². The van der Waals surface area contributed by atoms with Crippen molar-refractivity contribution in [2.75, 3.05) is 6.54 Å². The van der Waals surface area contributed by atoms with Gasteiger partial charge in [-0.2, -0.15) is 5.26 Å². The van der Waals surface area contributed by atoms with Gasteiger partial charge in [0.1, 0.15) is 0 Å². The third-order valence-electron chi connectivity index (χ3n) is 2.94. The van der Waals surface area contributed by atoms with E-state index in [1.807, 2.05) is 13.0 Å². The van der Waals surface area contributed by atoms with E-state index in [1.54, 1.807) is 0 Å². The highest BCUT2D eigenvalue weighted by Crippen LogP contribution is 2.19. The SMILES string of the molecule is CCCCC(NCC(C)C#N)c1ccccc1. The molecule has 1 rings (SSSR count). The van der Waals surface area contributed by atoms with E-state index in [-0.39, 0.29) is 5.92 Å². The van der Waals surface area contributed by atoms with Gasteiger partial charge in [-0.05, 0) is 18.9 Å². The van der Waals surface area contributed by atoms with E-state index in [0.29, 0.717) is 6.04 Å². The Bertz CT molecular complexity index is 340. The van der Waals surface area contributed by atoms with Gasteiger partial charge in [0, 0.05) is 12.6 Å². The minimum absolute atomic E-state index is 0.0721. The van der Waals surface area contributed by atoms with Crippen LogP contribution in [0.25, 0.3) is 0 Å². The van der Waals surface area contributed by atoms with Gasteiger partial charge in [0.05, 0.1) is 12.0 Å². The molecule has 92 valence electrons. The molecule has 0 heterocycles. The molecule has 0 saturated carbocycles. The third-order valence-corrected chi connectivity index (χ3v) is 2.94. The number of hydrogen-bond donors (Lipinski definition) is 1. The zero-order valence-electron chi connectivity index (χ0n) is 10.8. The van der Waals surface area contributed by atoms with Gasteiger partial charge < -0.3 is 5.32 Å². The van der Waals surface area contributed by atoms with Crippen LogP contribution >= 0.6 is 0 Å². The quantitative estimate of drug-likeness (QED) is 0.775. The molecule has 0 aliphatic carbocycles. The highest BCUT2D eigenvalue weighted by molar-refractivity contribution is 5.18. The Hall–Kier alpha value is -1.33. The van der Waals surface area contributed by atoms with Crippen molar-refractivity contribution in [2.45, 2.75) is 39.2 Å². The molecule has 2 atom stereocenters. The van der Waals surface area contributed by atoms with Crippen LogP contribution in [-0.4, -0.2) is 6.54 Å². The van der Waals surface area contributed by atoms with Crippen molar-refractivity contribution in [1.29, 1.82) is 5.26 Å². The fourth-order valence-electron chi connectivity index (χ4n) is 1.84. The van der Waals surface area contributed by atoms with Gasteiger partial charge in [-0.3, -0.25) is 0 Å². The lowest BCUT2D eigenvalue weighted by Crippen LogP contribution is -2.25. The maximum atomic E-state index is 8.80. The molecule has 0 aliphatic heterocycles. The Morgan fingerprint density at radius 1 is 1.29 bits per heavy atom. The second-order valence-corrected chi connectivity index (χ2v) is 4.54. The number of rotatable bonds is 7. The molecule has 1 N–H and O–H groups in total. The predicted molar refractivity (Wildman–Crippen MR) is 71.5 cm³/mol. The average molecular weight is 230 g/mol. The van der Waals surface area contributed by atoms with Crippen LogP contribution in [0.5, 0.6) is 0 Å². The van der Waals surface area contributed by atoms with Crippen LogP contribution in [0.15, 0.2) is 30.3 Å². The summed E-state index contributed by atoms with van der Waals surface area (Å²) in [6, 6.07) is 13.1. The molecule has 0 amide bonds. The Kier molecular flexibility index (Phi) is 6.35. The summed E-state index contributed by atoms with van der Waals surface area (Å²) in [6.45, 7) is 4.93. The van der Waals surface area contributed by atoms with Gasteiger partial charge in [0.15, 0.2) is 0 Å². The number of nitriles is 1. The Balaban J connectivity index is 2.58. The highest BCUT2D eigenvalue weighted by atomic mass is 14.9. The first kappa shape index (κ1) is 13.7. The maximum Gasteiger partial charge on any atom is 0.0666 e. The van der Waals surface area contributed by atoms with E-state index in [9.17, 15) is 0 Å². The lowest BCUT2D eigenvalue weighted by Gasteiger charge is -2.19. The zero-order chi connectivity index (χ0) is 12.5. The van der Waals surface area contributed by atoms with E-state index in [2.05, 4.69) is 42.6 Å². The summed E-state index contributed by atoms with van der Waals surface area (Å²) in [4.78, 5) is 0. The van der Waals surface area contributed by atoms with Crippen LogP contribution in [0.3, 0.4) is 0 Å². The lowest BCUT2D eigenvalue weighted by molar-refractivity contribution is 0.459. The molecule has 17 heavy (non-hydrogen) atoms. The van der Waals surface area contributed by atoms with Crippen molar-refractivity contribution < 1.29 is 0 Å². The molecule has 0 spiro atoms. The van der Waals surface area contributed by atoms with Crippen molar-refractivity contribution in [1.82, 2.24) is 5.32 Å². The van der Waals surface area contributed by atoms with Crippen molar-refractivity contribution in [2.24, 2.45) is 5.92 Å². The molecule has 0 radical (unpaired) electrons. The summed E-state index contributed by atoms with van der Waals surface area (Å²) < 4.78 is 0. The van der Waals surface area contributed by atoms with Crippen molar-refractivity contribution in [3.05, 3.63) is 35.9 Å². The summed E-state index contributed by atoms with van der Waals surface area (Å²) in [5.74, 6) is 0.0721. The second kappa shape index (κ2) is 7.86. The molecule has 0 aromatic heterocycles. The molecule has 2 heteroatoms. The topological polar surface area (TPSA) is 35.8 Å². The van der Waals surface area contributed by atoms with Crippen LogP contribution in [0, 0.1) is 17.2 Å². The molecule has 1 aromatic rings. The van der Waals surface area contributed by atoms with E-state index in [0.717, 1.165) is 13.0 Å². The van der Waals surface area contributed by atoms with Crippen LogP contribution in [0.1, 0.15) is 44.7 Å². The van der Waals surface area contributed by atoms with E-state index in [1.165, 1.54) is 18.4 Å². The predicted octanol–water partition coefficient (Wildman–Crippen LogP) is 3.67. The van der Waals surface area contributed by atoms with Crippen LogP contribution in [0.2, 0.25) is 0 Å². The average Bonchev–Trinajstić information content (AvgIpc) is 2.39. The Morgan fingerprint density at radius 3 is 2.59 bits per heavy atom. The summed E-state index contributed by atoms with van der Waals surface area (Å²) >= 11 is 0. The molecule has 0 fully saturated rings. The summed E-state index contributed by atoms with van der Waals surface area (Å²) in [6.07, 6.45) is 3.56. The van der Waals surface area contributed by atoms with Crippen LogP contribution in [0.4, 0.5) is 0 Å². The summed E-state index contributed by atoms with van der Waals surface area (Å²) in [7, 11) is 0. The van der Waals surface area contributed by atoms with Crippen LogP contribution < -0.4 is 5.32 Å². The monoisotopic (exact) mass is 230 g/mol. The van der Waals surface area contributed by atoms with Gasteiger partial charge in [0.25, 0.3) is 0 Å². The van der Waals surface area contributed by atoms with Gasteiger partial charge >= 0.3 is 0 Å². The molecule has 0 aliphatic rings. The second-order valence-electron chi connectivity index (χ2n) is 4.54. The molecule has 1 aromatic carbocycles. The first-order valence-corrected chi connectivity index (χ1v) is 6.45. The van der Waals surface area contributed by atoms with Crippen molar-refractivity contribution in [3.63, 3.8) is 0 Å². The normalized spacial score (nSPS) is 13.9. The molecule has 0 saturated heterocycles. The highest BCUT2D eigenvalue weighted by Gasteiger charge is 2.11. The first-order valence-electron chi connectivity index (χ1n) is 6.45. The van der Waals surface area contributed by atoms with E-state index >= 15 is 0 Å². The fourth-order valence-corrected chi connectivity index (χ4v) is 1.84. The Labute approximate surface area is 105 Å². The summed E-state index contributed by atoms with van der Waals surface area (Å²) in [5.41, 5.74) is 1.33. The molecular weight excluding hydrogens is 208 g/mol. The van der Waals surface area contributed by atoms with Crippen molar-refractivity contribution >= 4 is 0 Å². The first-order chi connectivity index (χ1) is 8.27. The largest absolute Gasteiger partial charge is 0.309 e. The van der Waals surface area contributed by atoms with E-state index in [4.69, 9.17) is 5.26 Å².